The maximum absolute atomic E-state index is 11.3. The molecule has 0 bridgehead atoms. The van der Waals surface area contributed by atoms with Crippen LogP contribution in [0.3, 0.4) is 0 Å². The predicted octanol–water partition coefficient (Wildman–Crippen LogP) is 1.64. The Morgan fingerprint density at radius 2 is 2.38 bits per heavy atom. The highest BCUT2D eigenvalue weighted by atomic mass is 16.6. The van der Waals surface area contributed by atoms with Crippen LogP contribution in [0.1, 0.15) is 31.3 Å². The van der Waals surface area contributed by atoms with E-state index in [1.54, 1.807) is 20.8 Å². The molecule has 0 saturated carbocycles. The minimum absolute atomic E-state index is 0.0500. The highest BCUT2D eigenvalue weighted by Gasteiger charge is 2.21. The molecule has 0 aliphatic carbocycles. The summed E-state index contributed by atoms with van der Waals surface area (Å²) in [5.74, 6) is 1.86. The van der Waals surface area contributed by atoms with E-state index in [-0.39, 0.29) is 18.4 Å². The standard InChI is InChI=1S/C11H13NO4/c1-5-11(3,4)16-10-12-8(7-15-10)9(13)14-6-2/h1,7H,6H2,2-4H3. The first kappa shape index (κ1) is 12.1. The van der Waals surface area contributed by atoms with E-state index < -0.39 is 11.6 Å². The number of ether oxygens (including phenoxy) is 2. The first-order valence-electron chi connectivity index (χ1n) is 4.78. The molecule has 0 amide bonds. The van der Waals surface area contributed by atoms with Gasteiger partial charge < -0.3 is 13.9 Å². The Balaban J connectivity index is 2.73. The summed E-state index contributed by atoms with van der Waals surface area (Å²) in [4.78, 5) is 15.1. The number of rotatable bonds is 4. The lowest BCUT2D eigenvalue weighted by molar-refractivity contribution is 0.0518. The van der Waals surface area contributed by atoms with Crippen LogP contribution in [0.5, 0.6) is 6.08 Å². The lowest BCUT2D eigenvalue weighted by Crippen LogP contribution is -2.25. The van der Waals surface area contributed by atoms with Crippen molar-refractivity contribution in [1.82, 2.24) is 4.98 Å². The van der Waals surface area contributed by atoms with Crippen molar-refractivity contribution >= 4 is 5.97 Å². The Morgan fingerprint density at radius 3 is 2.94 bits per heavy atom. The highest BCUT2D eigenvalue weighted by molar-refractivity contribution is 5.86. The van der Waals surface area contributed by atoms with E-state index in [1.807, 2.05) is 0 Å². The number of nitrogens with zero attached hydrogens (tertiary/aromatic N) is 1. The van der Waals surface area contributed by atoms with E-state index in [0.717, 1.165) is 0 Å². The van der Waals surface area contributed by atoms with Gasteiger partial charge in [-0.25, -0.2) is 4.79 Å². The van der Waals surface area contributed by atoms with Gasteiger partial charge in [0.05, 0.1) is 6.61 Å². The van der Waals surface area contributed by atoms with Gasteiger partial charge in [-0.05, 0) is 20.8 Å². The Labute approximate surface area is 93.8 Å². The third-order valence-corrected chi connectivity index (χ3v) is 1.66. The molecule has 0 aromatic carbocycles. The summed E-state index contributed by atoms with van der Waals surface area (Å²) >= 11 is 0. The number of oxazole rings is 1. The first-order valence-corrected chi connectivity index (χ1v) is 4.78. The number of carbonyl (C=O) groups excluding carboxylic acids is 1. The zero-order valence-electron chi connectivity index (χ0n) is 9.44. The van der Waals surface area contributed by atoms with Crippen molar-refractivity contribution in [1.29, 1.82) is 0 Å². The summed E-state index contributed by atoms with van der Waals surface area (Å²) in [5.41, 5.74) is -0.777. The summed E-state index contributed by atoms with van der Waals surface area (Å²) in [7, 11) is 0. The molecule has 1 rings (SSSR count). The summed E-state index contributed by atoms with van der Waals surface area (Å²) in [6, 6.07) is 0. The molecule has 1 aromatic heterocycles. The van der Waals surface area contributed by atoms with Crippen molar-refractivity contribution in [3.8, 4) is 18.4 Å². The van der Waals surface area contributed by atoms with E-state index in [4.69, 9.17) is 20.3 Å². The van der Waals surface area contributed by atoms with E-state index in [0.29, 0.717) is 0 Å². The van der Waals surface area contributed by atoms with Crippen molar-refractivity contribution in [3.05, 3.63) is 12.0 Å². The van der Waals surface area contributed by atoms with Gasteiger partial charge in [-0.3, -0.25) is 0 Å². The lowest BCUT2D eigenvalue weighted by atomic mass is 10.2. The first-order chi connectivity index (χ1) is 7.48. The summed E-state index contributed by atoms with van der Waals surface area (Å²) in [6.45, 7) is 5.34. The number of hydrogen-bond donors (Lipinski definition) is 0. The minimum atomic E-state index is -0.837. The molecular formula is C11H13NO4. The molecule has 16 heavy (non-hydrogen) atoms. The molecule has 1 heterocycles. The zero-order chi connectivity index (χ0) is 12.2. The molecule has 0 spiro atoms. The lowest BCUT2D eigenvalue weighted by Gasteiger charge is -2.15. The van der Waals surface area contributed by atoms with Gasteiger partial charge in [0, 0.05) is 0 Å². The van der Waals surface area contributed by atoms with Gasteiger partial charge in [0.25, 0.3) is 0 Å². The molecule has 86 valence electrons. The molecule has 0 aliphatic heterocycles. The summed E-state index contributed by atoms with van der Waals surface area (Å²) in [5, 5.41) is 0. The molecule has 0 atom stereocenters. The van der Waals surface area contributed by atoms with Gasteiger partial charge in [-0.1, -0.05) is 5.92 Å². The van der Waals surface area contributed by atoms with Crippen molar-refractivity contribution in [2.45, 2.75) is 26.4 Å². The van der Waals surface area contributed by atoms with Gasteiger partial charge >= 0.3 is 12.0 Å². The van der Waals surface area contributed by atoms with Crippen molar-refractivity contribution in [3.63, 3.8) is 0 Å². The van der Waals surface area contributed by atoms with Crippen molar-refractivity contribution in [2.24, 2.45) is 0 Å². The fourth-order valence-corrected chi connectivity index (χ4v) is 0.851. The average Bonchev–Trinajstić information content (AvgIpc) is 2.66. The smallest absolute Gasteiger partial charge is 0.395 e. The zero-order valence-corrected chi connectivity index (χ0v) is 9.44. The van der Waals surface area contributed by atoms with Gasteiger partial charge in [0.2, 0.25) is 0 Å². The minimum Gasteiger partial charge on any atom is -0.461 e. The van der Waals surface area contributed by atoms with Gasteiger partial charge in [0.15, 0.2) is 11.3 Å². The van der Waals surface area contributed by atoms with Crippen LogP contribution < -0.4 is 4.74 Å². The van der Waals surface area contributed by atoms with Gasteiger partial charge in [-0.2, -0.15) is 4.98 Å². The van der Waals surface area contributed by atoms with Gasteiger partial charge in [0.1, 0.15) is 6.26 Å². The van der Waals surface area contributed by atoms with Crippen LogP contribution in [-0.2, 0) is 4.74 Å². The van der Waals surface area contributed by atoms with Crippen LogP contribution in [0.2, 0.25) is 0 Å². The molecule has 0 saturated heterocycles. The summed E-state index contributed by atoms with van der Waals surface area (Å²) in [6.07, 6.45) is 6.35. The van der Waals surface area contributed by atoms with E-state index in [1.165, 1.54) is 6.26 Å². The van der Waals surface area contributed by atoms with Crippen LogP contribution in [-0.4, -0.2) is 23.2 Å². The fraction of sp³-hybridized carbons (Fsp3) is 0.455. The molecule has 5 nitrogen and oxygen atoms in total. The van der Waals surface area contributed by atoms with Crippen molar-refractivity contribution < 1.29 is 18.7 Å². The monoisotopic (exact) mass is 223 g/mol. The normalized spacial score (nSPS) is 10.6. The Hall–Kier alpha value is -1.96. The van der Waals surface area contributed by atoms with Crippen LogP contribution in [0.25, 0.3) is 0 Å². The SMILES string of the molecule is C#CC(C)(C)Oc1nc(C(=O)OCC)co1. The van der Waals surface area contributed by atoms with E-state index >= 15 is 0 Å². The molecule has 0 unspecified atom stereocenters. The second kappa shape index (κ2) is 4.71. The van der Waals surface area contributed by atoms with Crippen LogP contribution >= 0.6 is 0 Å². The molecule has 0 radical (unpaired) electrons. The van der Waals surface area contributed by atoms with Crippen molar-refractivity contribution in [2.75, 3.05) is 6.61 Å². The van der Waals surface area contributed by atoms with E-state index in [2.05, 4.69) is 10.9 Å². The maximum atomic E-state index is 11.3. The largest absolute Gasteiger partial charge is 0.461 e. The Morgan fingerprint density at radius 1 is 1.69 bits per heavy atom. The maximum Gasteiger partial charge on any atom is 0.395 e. The van der Waals surface area contributed by atoms with Crippen LogP contribution in [0, 0.1) is 12.3 Å². The predicted molar refractivity (Wildman–Crippen MR) is 56.0 cm³/mol. The molecule has 5 heteroatoms. The topological polar surface area (TPSA) is 61.6 Å². The molecule has 1 aromatic rings. The number of esters is 1. The average molecular weight is 223 g/mol. The Bertz CT molecular complexity index is 414. The second-order valence-electron chi connectivity index (χ2n) is 3.48. The number of hydrogen-bond acceptors (Lipinski definition) is 5. The summed E-state index contributed by atoms with van der Waals surface area (Å²) < 4.78 is 14.9. The quantitative estimate of drug-likeness (QED) is 0.573. The van der Waals surface area contributed by atoms with Crippen LogP contribution in [0.4, 0.5) is 0 Å². The third kappa shape index (κ3) is 3.02. The van der Waals surface area contributed by atoms with Gasteiger partial charge in [-0.15, -0.1) is 6.42 Å². The third-order valence-electron chi connectivity index (χ3n) is 1.66. The number of carbonyl (C=O) groups is 1. The molecule has 0 fully saturated rings. The Kier molecular flexibility index (Phi) is 3.56. The highest BCUT2D eigenvalue weighted by Crippen LogP contribution is 2.17. The van der Waals surface area contributed by atoms with Crippen LogP contribution in [0.15, 0.2) is 10.7 Å². The number of aromatic nitrogens is 1. The van der Waals surface area contributed by atoms with E-state index in [9.17, 15) is 4.79 Å². The fourth-order valence-electron chi connectivity index (χ4n) is 0.851. The molecule has 0 aliphatic rings. The number of terminal acetylenes is 1. The molecule has 0 N–H and O–H groups in total. The molecular weight excluding hydrogens is 210 g/mol. The second-order valence-corrected chi connectivity index (χ2v) is 3.48.